The molecule has 9 unspecified atom stereocenters. The zero-order valence-electron chi connectivity index (χ0n) is 20.9. The van der Waals surface area contributed by atoms with Crippen LogP contribution >= 0.6 is 15.9 Å². The number of pyridine rings is 1. The number of nitrogens with one attached hydrogen (secondary N) is 4. The summed E-state index contributed by atoms with van der Waals surface area (Å²) < 4.78 is 5.85. The van der Waals surface area contributed by atoms with Gasteiger partial charge in [-0.2, -0.15) is 0 Å². The number of ether oxygens (including phenoxy) is 1. The molecule has 5 fully saturated rings. The zero-order chi connectivity index (χ0) is 24.6. The quantitative estimate of drug-likeness (QED) is 0.330. The van der Waals surface area contributed by atoms with Crippen molar-refractivity contribution in [3.8, 4) is 5.88 Å². The number of hydrogen-bond donors (Lipinski definition) is 5. The molecule has 2 saturated carbocycles. The van der Waals surface area contributed by atoms with Crippen molar-refractivity contribution in [2.24, 2.45) is 29.4 Å². The largest absolute Gasteiger partial charge is 0.476 e. The fourth-order valence-corrected chi connectivity index (χ4v) is 8.41. The van der Waals surface area contributed by atoms with Gasteiger partial charge >= 0.3 is 0 Å². The van der Waals surface area contributed by atoms with Crippen molar-refractivity contribution in [3.05, 3.63) is 23.9 Å². The molecule has 0 bridgehead atoms. The third-order valence-corrected chi connectivity index (χ3v) is 10.3. The van der Waals surface area contributed by atoms with Crippen LogP contribution in [-0.4, -0.2) is 71.5 Å². The summed E-state index contributed by atoms with van der Waals surface area (Å²) in [6.07, 6.45) is 8.73. The maximum absolute atomic E-state index is 13.4. The Morgan fingerprint density at radius 2 is 2.00 bits per heavy atom. The molecule has 10 heteroatoms. The summed E-state index contributed by atoms with van der Waals surface area (Å²) in [7, 11) is 0. The highest BCUT2D eigenvalue weighted by molar-refractivity contribution is 9.09. The zero-order valence-corrected chi connectivity index (χ0v) is 22.5. The second-order valence-electron chi connectivity index (χ2n) is 11.4. The molecule has 198 valence electrons. The number of hydrogen-bond acceptors (Lipinski definition) is 8. The van der Waals surface area contributed by atoms with Crippen molar-refractivity contribution >= 4 is 21.8 Å². The average Bonchev–Trinajstić information content (AvgIpc) is 3.58. The van der Waals surface area contributed by atoms with Gasteiger partial charge in [0, 0.05) is 53.9 Å². The standard InChI is InChI=1S/C26H40BrN7O2/c27-19-12-17(16-4-3-5-20-18(16)14-30-33-20)23(28)22-24(19)31-25(32-26(22)35)15-6-7-21(29-13-15)36-11-10-34-8-1-2-9-34/h6-7,13,16-20,22-25,30-31,33H,1-5,8-12,14,28H2,(H,32,35). The van der Waals surface area contributed by atoms with Gasteiger partial charge in [0.2, 0.25) is 11.8 Å². The predicted octanol–water partition coefficient (Wildman–Crippen LogP) is 1.26. The first kappa shape index (κ1) is 25.0. The minimum Gasteiger partial charge on any atom is -0.476 e. The maximum atomic E-state index is 13.4. The Hall–Kier alpha value is -1.30. The van der Waals surface area contributed by atoms with E-state index in [-0.39, 0.29) is 34.9 Å². The molecular weight excluding hydrogens is 522 g/mol. The Kier molecular flexibility index (Phi) is 7.52. The van der Waals surface area contributed by atoms with Gasteiger partial charge in [-0.15, -0.1) is 0 Å². The lowest BCUT2D eigenvalue weighted by atomic mass is 9.61. The fraction of sp³-hybridized carbons (Fsp3) is 0.769. The molecule has 9 nitrogen and oxygen atoms in total. The molecule has 9 atom stereocenters. The highest BCUT2D eigenvalue weighted by Crippen LogP contribution is 2.46. The predicted molar refractivity (Wildman–Crippen MR) is 141 cm³/mol. The lowest BCUT2D eigenvalue weighted by Crippen LogP contribution is -2.68. The van der Waals surface area contributed by atoms with Gasteiger partial charge in [0.05, 0.1) is 5.92 Å². The molecule has 6 rings (SSSR count). The summed E-state index contributed by atoms with van der Waals surface area (Å²) in [4.78, 5) is 20.6. The van der Waals surface area contributed by atoms with Crippen molar-refractivity contribution in [3.63, 3.8) is 0 Å². The SMILES string of the molecule is NC1C(C2CCCC3NNCC32)CC(Br)C2NC(c3ccc(OCCN4CCCC4)nc3)NC(=O)C12. The number of nitrogens with zero attached hydrogens (tertiary/aromatic N) is 2. The van der Waals surface area contributed by atoms with Gasteiger partial charge in [-0.1, -0.05) is 22.4 Å². The van der Waals surface area contributed by atoms with E-state index >= 15 is 0 Å². The van der Waals surface area contributed by atoms with Crippen LogP contribution in [0.25, 0.3) is 0 Å². The molecular formula is C26H40BrN7O2. The van der Waals surface area contributed by atoms with E-state index in [1.807, 2.05) is 12.1 Å². The topological polar surface area (TPSA) is 117 Å². The first-order chi connectivity index (χ1) is 17.6. The number of fused-ring (bicyclic) bond motifs is 2. The number of carbonyl (C=O) groups is 1. The van der Waals surface area contributed by atoms with Crippen molar-refractivity contribution < 1.29 is 9.53 Å². The van der Waals surface area contributed by atoms with Crippen molar-refractivity contribution in [1.29, 1.82) is 0 Å². The van der Waals surface area contributed by atoms with E-state index in [1.54, 1.807) is 6.20 Å². The Balaban J connectivity index is 1.09. The van der Waals surface area contributed by atoms with Crippen molar-refractivity contribution in [2.75, 3.05) is 32.8 Å². The number of aromatic nitrogens is 1. The number of rotatable bonds is 6. The second kappa shape index (κ2) is 10.8. The normalized spacial score (nSPS) is 40.9. The van der Waals surface area contributed by atoms with Crippen LogP contribution in [0.2, 0.25) is 0 Å². The van der Waals surface area contributed by atoms with Gasteiger partial charge in [0.25, 0.3) is 0 Å². The van der Waals surface area contributed by atoms with Crippen LogP contribution < -0.4 is 32.0 Å². The number of likely N-dealkylation sites (tertiary alicyclic amines) is 1. The van der Waals surface area contributed by atoms with Crippen LogP contribution in [0.1, 0.15) is 50.3 Å². The third-order valence-electron chi connectivity index (χ3n) is 9.37. The summed E-state index contributed by atoms with van der Waals surface area (Å²) in [5.41, 5.74) is 14.7. The van der Waals surface area contributed by atoms with E-state index in [1.165, 1.54) is 45.2 Å². The number of carbonyl (C=O) groups excluding carboxylic acids is 1. The molecule has 1 aromatic rings. The van der Waals surface area contributed by atoms with Crippen LogP contribution in [-0.2, 0) is 4.79 Å². The van der Waals surface area contributed by atoms with Crippen LogP contribution in [0.3, 0.4) is 0 Å². The molecule has 6 N–H and O–H groups in total. The number of halogens is 1. The molecule has 1 aromatic heterocycles. The van der Waals surface area contributed by atoms with E-state index in [9.17, 15) is 4.79 Å². The van der Waals surface area contributed by atoms with Gasteiger partial charge in [-0.3, -0.25) is 25.9 Å². The van der Waals surface area contributed by atoms with E-state index in [0.29, 0.717) is 36.3 Å². The van der Waals surface area contributed by atoms with Gasteiger partial charge in [0.15, 0.2) is 0 Å². The summed E-state index contributed by atoms with van der Waals surface area (Å²) in [6.45, 7) is 4.92. The van der Waals surface area contributed by atoms with Gasteiger partial charge in [-0.25, -0.2) is 4.98 Å². The summed E-state index contributed by atoms with van der Waals surface area (Å²) in [5, 5.41) is 6.87. The molecule has 5 aliphatic rings. The lowest BCUT2D eigenvalue weighted by Gasteiger charge is -2.52. The van der Waals surface area contributed by atoms with Gasteiger partial charge in [-0.05, 0) is 69.0 Å². The first-order valence-corrected chi connectivity index (χ1v) is 14.8. The number of alkyl halides is 1. The van der Waals surface area contributed by atoms with E-state index < -0.39 is 0 Å². The molecule has 0 aromatic carbocycles. The fourth-order valence-electron chi connectivity index (χ4n) is 7.50. The molecule has 4 heterocycles. The molecule has 0 radical (unpaired) electrons. The Bertz CT molecular complexity index is 914. The number of hydrazine groups is 1. The van der Waals surface area contributed by atoms with E-state index in [4.69, 9.17) is 10.5 Å². The van der Waals surface area contributed by atoms with Crippen LogP contribution in [0, 0.1) is 23.7 Å². The summed E-state index contributed by atoms with van der Waals surface area (Å²) >= 11 is 3.96. The number of nitrogens with two attached hydrogens (primary N) is 1. The lowest BCUT2D eigenvalue weighted by molar-refractivity contribution is -0.133. The van der Waals surface area contributed by atoms with Gasteiger partial charge < -0.3 is 15.8 Å². The highest BCUT2D eigenvalue weighted by atomic mass is 79.9. The third kappa shape index (κ3) is 4.92. The smallest absolute Gasteiger partial charge is 0.227 e. The Morgan fingerprint density at radius 3 is 2.81 bits per heavy atom. The second-order valence-corrected chi connectivity index (χ2v) is 12.5. The van der Waals surface area contributed by atoms with E-state index in [2.05, 4.69) is 47.3 Å². The minimum absolute atomic E-state index is 0.00870. The first-order valence-electron chi connectivity index (χ1n) is 13.8. The molecule has 2 aliphatic carbocycles. The molecule has 1 amide bonds. The summed E-state index contributed by atoms with van der Waals surface area (Å²) in [6, 6.07) is 4.27. The van der Waals surface area contributed by atoms with E-state index in [0.717, 1.165) is 25.1 Å². The Labute approximate surface area is 222 Å². The Morgan fingerprint density at radius 1 is 1.14 bits per heavy atom. The monoisotopic (exact) mass is 561 g/mol. The highest BCUT2D eigenvalue weighted by Gasteiger charge is 2.53. The van der Waals surface area contributed by atoms with Crippen LogP contribution in [0.5, 0.6) is 5.88 Å². The van der Waals surface area contributed by atoms with Crippen molar-refractivity contribution in [2.45, 2.75) is 67.6 Å². The molecule has 3 saturated heterocycles. The average molecular weight is 563 g/mol. The minimum atomic E-state index is -0.281. The maximum Gasteiger partial charge on any atom is 0.227 e. The number of amides is 1. The van der Waals surface area contributed by atoms with Crippen LogP contribution in [0.4, 0.5) is 0 Å². The van der Waals surface area contributed by atoms with Crippen LogP contribution in [0.15, 0.2) is 18.3 Å². The molecule has 0 spiro atoms. The molecule has 3 aliphatic heterocycles. The van der Waals surface area contributed by atoms with Gasteiger partial charge in [0.1, 0.15) is 12.8 Å². The van der Waals surface area contributed by atoms with Crippen molar-refractivity contribution in [1.82, 2.24) is 31.4 Å². The summed E-state index contributed by atoms with van der Waals surface area (Å²) in [5.74, 6) is 1.92. The molecule has 36 heavy (non-hydrogen) atoms.